The van der Waals surface area contributed by atoms with Crippen molar-refractivity contribution in [2.24, 2.45) is 0 Å². The summed E-state index contributed by atoms with van der Waals surface area (Å²) in [7, 11) is 0. The molecule has 0 aromatic heterocycles. The predicted octanol–water partition coefficient (Wildman–Crippen LogP) is 3.41. The van der Waals surface area contributed by atoms with Crippen LogP contribution in [0.5, 0.6) is 0 Å². The van der Waals surface area contributed by atoms with E-state index in [1.54, 1.807) is 0 Å². The van der Waals surface area contributed by atoms with Crippen molar-refractivity contribution in [2.45, 2.75) is 0 Å². The van der Waals surface area contributed by atoms with E-state index in [-0.39, 0.29) is 5.88 Å². The number of hydrogen-bond acceptors (Lipinski definition) is 1. The molecule has 0 aliphatic rings. The average molecular weight is 193 g/mol. The summed E-state index contributed by atoms with van der Waals surface area (Å²) in [5, 5.41) is 0. The summed E-state index contributed by atoms with van der Waals surface area (Å²) in [6.45, 7) is 0. The zero-order valence-corrected chi connectivity index (χ0v) is 7.01. The van der Waals surface area contributed by atoms with Crippen LogP contribution in [0.2, 0.25) is 0 Å². The van der Waals surface area contributed by atoms with Crippen LogP contribution in [0, 0.1) is 0 Å². The Morgan fingerprint density at radius 2 is 2.00 bits per heavy atom. The van der Waals surface area contributed by atoms with Gasteiger partial charge in [-0.1, -0.05) is 6.08 Å². The second-order valence-electron chi connectivity index (χ2n) is 1.04. The topological polar surface area (TPSA) is 17.1 Å². The van der Waals surface area contributed by atoms with Crippen LogP contribution >= 0.6 is 39.9 Å². The predicted molar refractivity (Wildman–Crippen MR) is 39.2 cm³/mol. The summed E-state index contributed by atoms with van der Waals surface area (Å²) >= 11 is 15.4. The van der Waals surface area contributed by atoms with E-state index in [4.69, 9.17) is 34.1 Å². The fraction of sp³-hybridized carbons (Fsp3) is 0.333. The first-order chi connectivity index (χ1) is 3.56. The van der Waals surface area contributed by atoms with Crippen molar-refractivity contribution in [1.29, 1.82) is 0 Å². The maximum absolute atomic E-state index is 10.4. The summed E-state index contributed by atoms with van der Waals surface area (Å²) in [5.74, 6) is -1.52. The van der Waals surface area contributed by atoms with Gasteiger partial charge in [0, 0.05) is 11.7 Å². The second-order valence-corrected chi connectivity index (χ2v) is 6.19. The summed E-state index contributed by atoms with van der Waals surface area (Å²) in [4.78, 5) is 0. The minimum atomic E-state index is -3.00. The van der Waals surface area contributed by atoms with Gasteiger partial charge in [0.05, 0.1) is 0 Å². The number of allylic oxidation sites excluding steroid dienone is 1. The summed E-state index contributed by atoms with van der Waals surface area (Å²) in [6, 6.07) is 0. The van der Waals surface area contributed by atoms with E-state index in [1.165, 1.54) is 11.9 Å². The van der Waals surface area contributed by atoms with E-state index < -0.39 is 5.85 Å². The quantitative estimate of drug-likeness (QED) is 0.485. The first-order valence-corrected chi connectivity index (χ1v) is 5.91. The van der Waals surface area contributed by atoms with Crippen LogP contribution in [0.25, 0.3) is 0 Å². The van der Waals surface area contributed by atoms with Crippen LogP contribution in [-0.4, -0.2) is 5.88 Å². The van der Waals surface area contributed by atoms with Gasteiger partial charge >= 0.3 is 0 Å². The van der Waals surface area contributed by atoms with Gasteiger partial charge < -0.3 is 0 Å². The van der Waals surface area contributed by atoms with Gasteiger partial charge in [0.25, 0.3) is 5.85 Å². The highest BCUT2D eigenvalue weighted by Gasteiger charge is 2.04. The lowest BCUT2D eigenvalue weighted by atomic mass is 10.8. The Balaban J connectivity index is 3.71. The molecular formula is C3H4Cl3OP. The van der Waals surface area contributed by atoms with Gasteiger partial charge in [0.2, 0.25) is 0 Å². The molecule has 0 aliphatic carbocycles. The highest BCUT2D eigenvalue weighted by atomic mass is 35.9. The van der Waals surface area contributed by atoms with Crippen LogP contribution in [0.4, 0.5) is 0 Å². The largest absolute Gasteiger partial charge is 0.285 e. The molecule has 0 aromatic rings. The van der Waals surface area contributed by atoms with Gasteiger partial charge in [-0.2, -0.15) is 0 Å². The van der Waals surface area contributed by atoms with E-state index in [0.717, 1.165) is 0 Å². The van der Waals surface area contributed by atoms with Crippen LogP contribution in [0.1, 0.15) is 0 Å². The van der Waals surface area contributed by atoms with Crippen LogP contribution in [-0.2, 0) is 4.57 Å². The minimum absolute atomic E-state index is 0.281. The zero-order chi connectivity index (χ0) is 6.62. The fourth-order valence-corrected chi connectivity index (χ4v) is 1.20. The molecule has 0 aliphatic heterocycles. The van der Waals surface area contributed by atoms with Gasteiger partial charge in [0.1, 0.15) is 0 Å². The van der Waals surface area contributed by atoms with Crippen LogP contribution < -0.4 is 0 Å². The first-order valence-electron chi connectivity index (χ1n) is 1.79. The van der Waals surface area contributed by atoms with Crippen molar-refractivity contribution in [3.8, 4) is 0 Å². The molecule has 0 bridgehead atoms. The molecule has 0 rings (SSSR count). The van der Waals surface area contributed by atoms with Crippen molar-refractivity contribution in [3.63, 3.8) is 0 Å². The van der Waals surface area contributed by atoms with Gasteiger partial charge in [-0.15, -0.1) is 11.6 Å². The molecule has 0 spiro atoms. The maximum Gasteiger partial charge on any atom is 0.274 e. The molecule has 0 amide bonds. The monoisotopic (exact) mass is 192 g/mol. The lowest BCUT2D eigenvalue weighted by Crippen LogP contribution is -1.55. The molecular weight excluding hydrogens is 189 g/mol. The third kappa shape index (κ3) is 6.84. The lowest BCUT2D eigenvalue weighted by Gasteiger charge is -1.86. The summed E-state index contributed by atoms with van der Waals surface area (Å²) in [5.41, 5.74) is 0. The highest BCUT2D eigenvalue weighted by molar-refractivity contribution is 8.10. The highest BCUT2D eigenvalue weighted by Crippen LogP contribution is 2.57. The number of alkyl halides is 1. The van der Waals surface area contributed by atoms with Crippen molar-refractivity contribution in [1.82, 2.24) is 0 Å². The molecule has 0 saturated carbocycles. The van der Waals surface area contributed by atoms with Gasteiger partial charge in [-0.3, -0.25) is 4.57 Å². The van der Waals surface area contributed by atoms with Gasteiger partial charge in [-0.25, -0.2) is 0 Å². The molecule has 5 heteroatoms. The van der Waals surface area contributed by atoms with Gasteiger partial charge in [0.15, 0.2) is 0 Å². The Hall–Kier alpha value is 0.840. The smallest absolute Gasteiger partial charge is 0.274 e. The van der Waals surface area contributed by atoms with E-state index in [9.17, 15) is 4.57 Å². The molecule has 8 heavy (non-hydrogen) atoms. The number of hydrogen-bond donors (Lipinski definition) is 0. The van der Waals surface area contributed by atoms with Crippen LogP contribution in [0.3, 0.4) is 0 Å². The Kier molecular flexibility index (Phi) is 4.19. The molecule has 0 fully saturated rings. The van der Waals surface area contributed by atoms with E-state index in [2.05, 4.69) is 0 Å². The van der Waals surface area contributed by atoms with Gasteiger partial charge in [-0.05, 0) is 22.5 Å². The molecule has 1 nitrogen and oxygen atoms in total. The molecule has 0 N–H and O–H groups in total. The van der Waals surface area contributed by atoms with Crippen molar-refractivity contribution in [2.75, 3.05) is 5.88 Å². The SMILES string of the molecule is O=P(Cl)(Cl)/C=C/CCl. The molecule has 0 saturated heterocycles. The Labute approximate surface area is 62.6 Å². The van der Waals surface area contributed by atoms with Crippen molar-refractivity contribution in [3.05, 3.63) is 11.9 Å². The van der Waals surface area contributed by atoms with Crippen molar-refractivity contribution < 1.29 is 4.57 Å². The molecule has 0 aromatic carbocycles. The standard InChI is InChI=1S/C3H4Cl3OP/c4-2-1-3-8(5,6)7/h1,3H,2H2/b3-1+. The lowest BCUT2D eigenvalue weighted by molar-refractivity contribution is 0.597. The maximum atomic E-state index is 10.4. The van der Waals surface area contributed by atoms with E-state index in [1.807, 2.05) is 0 Å². The first kappa shape index (κ1) is 8.84. The third-order valence-electron chi connectivity index (χ3n) is 0.368. The Bertz CT molecular complexity index is 126. The van der Waals surface area contributed by atoms with E-state index in [0.29, 0.717) is 0 Å². The second kappa shape index (κ2) is 3.79. The zero-order valence-electron chi connectivity index (χ0n) is 3.85. The molecule has 48 valence electrons. The number of halogens is 3. The Morgan fingerprint density at radius 3 is 2.12 bits per heavy atom. The Morgan fingerprint density at radius 1 is 1.50 bits per heavy atom. The number of rotatable bonds is 2. The molecule has 0 unspecified atom stereocenters. The normalized spacial score (nSPS) is 12.9. The molecule has 0 heterocycles. The average Bonchev–Trinajstić information content (AvgIpc) is 1.59. The summed E-state index contributed by atoms with van der Waals surface area (Å²) in [6.07, 6.45) is 1.45. The van der Waals surface area contributed by atoms with E-state index >= 15 is 0 Å². The van der Waals surface area contributed by atoms with Crippen LogP contribution in [0.15, 0.2) is 11.9 Å². The fourth-order valence-electron chi connectivity index (χ4n) is 0.163. The minimum Gasteiger partial charge on any atom is -0.285 e. The molecule has 0 atom stereocenters. The molecule has 0 radical (unpaired) electrons. The van der Waals surface area contributed by atoms with Crippen molar-refractivity contribution >= 4 is 39.9 Å². The third-order valence-corrected chi connectivity index (χ3v) is 1.78. The summed E-state index contributed by atoms with van der Waals surface area (Å²) < 4.78 is 10.4.